The zero-order valence-electron chi connectivity index (χ0n) is 11.3. The van der Waals surface area contributed by atoms with Gasteiger partial charge in [0.2, 0.25) is 0 Å². The molecular formula is C13H28N2O2. The molecule has 0 bridgehead atoms. The summed E-state index contributed by atoms with van der Waals surface area (Å²) in [7, 11) is 0. The minimum atomic E-state index is 0.286. The van der Waals surface area contributed by atoms with Gasteiger partial charge in [0, 0.05) is 38.3 Å². The first-order valence-corrected chi connectivity index (χ1v) is 6.96. The minimum Gasteiger partial charge on any atom is -0.396 e. The van der Waals surface area contributed by atoms with Crippen LogP contribution in [-0.4, -0.2) is 62.0 Å². The number of rotatable bonds is 8. The number of nitrogens with one attached hydrogen (secondary N) is 1. The summed E-state index contributed by atoms with van der Waals surface area (Å²) in [5, 5.41) is 12.5. The van der Waals surface area contributed by atoms with Crippen LogP contribution in [0.4, 0.5) is 0 Å². The van der Waals surface area contributed by atoms with Crippen molar-refractivity contribution < 1.29 is 9.84 Å². The van der Waals surface area contributed by atoms with E-state index in [0.717, 1.165) is 52.2 Å². The summed E-state index contributed by atoms with van der Waals surface area (Å²) >= 11 is 0. The zero-order valence-corrected chi connectivity index (χ0v) is 11.3. The summed E-state index contributed by atoms with van der Waals surface area (Å²) in [6.07, 6.45) is 1.99. The van der Waals surface area contributed by atoms with E-state index < -0.39 is 0 Å². The van der Waals surface area contributed by atoms with E-state index in [0.29, 0.717) is 12.0 Å². The van der Waals surface area contributed by atoms with Crippen LogP contribution in [0, 0.1) is 5.92 Å². The van der Waals surface area contributed by atoms with Gasteiger partial charge in [-0.15, -0.1) is 0 Å². The lowest BCUT2D eigenvalue weighted by Crippen LogP contribution is -2.47. The van der Waals surface area contributed by atoms with Crippen molar-refractivity contribution in [1.82, 2.24) is 10.2 Å². The average molecular weight is 244 g/mol. The van der Waals surface area contributed by atoms with Gasteiger partial charge in [0.05, 0.1) is 6.61 Å². The monoisotopic (exact) mass is 244 g/mol. The Kier molecular flexibility index (Phi) is 7.77. The van der Waals surface area contributed by atoms with Gasteiger partial charge >= 0.3 is 0 Å². The number of aliphatic hydroxyl groups excluding tert-OH is 1. The van der Waals surface area contributed by atoms with Gasteiger partial charge in [-0.25, -0.2) is 0 Å². The first kappa shape index (κ1) is 14.9. The van der Waals surface area contributed by atoms with Crippen LogP contribution in [0.15, 0.2) is 0 Å². The lowest BCUT2D eigenvalue weighted by Gasteiger charge is -2.35. The van der Waals surface area contributed by atoms with E-state index >= 15 is 0 Å². The summed E-state index contributed by atoms with van der Waals surface area (Å²) < 4.78 is 5.59. The Balaban J connectivity index is 2.38. The first-order chi connectivity index (χ1) is 8.31. The highest BCUT2D eigenvalue weighted by atomic mass is 16.5. The largest absolute Gasteiger partial charge is 0.396 e. The minimum absolute atomic E-state index is 0.286. The summed E-state index contributed by atoms with van der Waals surface area (Å²) in [5.74, 6) is 0.586. The normalized spacial score (nSPS) is 25.4. The molecule has 0 aromatic rings. The van der Waals surface area contributed by atoms with Gasteiger partial charge in [-0.05, 0) is 25.9 Å². The fourth-order valence-corrected chi connectivity index (χ4v) is 2.51. The summed E-state index contributed by atoms with van der Waals surface area (Å²) in [6.45, 7) is 10.5. The molecule has 4 heteroatoms. The molecule has 1 rings (SSSR count). The van der Waals surface area contributed by atoms with Gasteiger partial charge in [0.15, 0.2) is 0 Å². The maximum atomic E-state index is 8.89. The van der Waals surface area contributed by atoms with Crippen molar-refractivity contribution in [3.8, 4) is 0 Å². The fourth-order valence-electron chi connectivity index (χ4n) is 2.51. The molecule has 1 fully saturated rings. The highest BCUT2D eigenvalue weighted by Crippen LogP contribution is 2.16. The van der Waals surface area contributed by atoms with E-state index in [9.17, 15) is 0 Å². The second-order valence-corrected chi connectivity index (χ2v) is 4.76. The first-order valence-electron chi connectivity index (χ1n) is 6.96. The van der Waals surface area contributed by atoms with Gasteiger partial charge < -0.3 is 20.1 Å². The Morgan fingerprint density at radius 3 is 2.88 bits per heavy atom. The molecule has 1 aliphatic rings. The molecule has 0 aromatic heterocycles. The number of nitrogens with zero attached hydrogens (tertiary/aromatic N) is 1. The van der Waals surface area contributed by atoms with Crippen molar-refractivity contribution in [3.05, 3.63) is 0 Å². The lowest BCUT2D eigenvalue weighted by atomic mass is 9.95. The highest BCUT2D eigenvalue weighted by molar-refractivity contribution is 4.81. The lowest BCUT2D eigenvalue weighted by molar-refractivity contribution is 0.0170. The third-order valence-electron chi connectivity index (χ3n) is 3.51. The Morgan fingerprint density at radius 1 is 1.41 bits per heavy atom. The number of hydrogen-bond acceptors (Lipinski definition) is 4. The van der Waals surface area contributed by atoms with E-state index in [1.54, 1.807) is 0 Å². The van der Waals surface area contributed by atoms with Gasteiger partial charge in [-0.1, -0.05) is 13.8 Å². The van der Waals surface area contributed by atoms with Crippen LogP contribution in [-0.2, 0) is 4.74 Å². The average Bonchev–Trinajstić information content (AvgIpc) is 2.36. The smallest absolute Gasteiger partial charge is 0.0521 e. The SMILES string of the molecule is CCNC1CCOCC1CN(CC)CCCO. The molecule has 2 unspecified atom stereocenters. The summed E-state index contributed by atoms with van der Waals surface area (Å²) in [5.41, 5.74) is 0. The molecule has 1 aliphatic heterocycles. The molecule has 1 saturated heterocycles. The second kappa shape index (κ2) is 8.86. The van der Waals surface area contributed by atoms with Gasteiger partial charge in [0.25, 0.3) is 0 Å². The van der Waals surface area contributed by atoms with Crippen LogP contribution in [0.5, 0.6) is 0 Å². The van der Waals surface area contributed by atoms with E-state index in [2.05, 4.69) is 24.1 Å². The Labute approximate surface area is 105 Å². The van der Waals surface area contributed by atoms with Gasteiger partial charge in [0.1, 0.15) is 0 Å². The van der Waals surface area contributed by atoms with Crippen molar-refractivity contribution in [3.63, 3.8) is 0 Å². The molecule has 0 aliphatic carbocycles. The van der Waals surface area contributed by atoms with Crippen molar-refractivity contribution in [1.29, 1.82) is 0 Å². The van der Waals surface area contributed by atoms with Crippen molar-refractivity contribution in [2.24, 2.45) is 5.92 Å². The molecule has 4 nitrogen and oxygen atoms in total. The quantitative estimate of drug-likeness (QED) is 0.660. The molecule has 102 valence electrons. The molecule has 1 heterocycles. The molecule has 0 radical (unpaired) electrons. The van der Waals surface area contributed by atoms with Gasteiger partial charge in [-0.3, -0.25) is 0 Å². The summed E-state index contributed by atoms with van der Waals surface area (Å²) in [6, 6.07) is 0.594. The fraction of sp³-hybridized carbons (Fsp3) is 1.00. The van der Waals surface area contributed by atoms with Crippen molar-refractivity contribution in [2.75, 3.05) is 46.0 Å². The topological polar surface area (TPSA) is 44.7 Å². The number of aliphatic hydroxyl groups is 1. The third kappa shape index (κ3) is 5.34. The van der Waals surface area contributed by atoms with E-state index in [-0.39, 0.29) is 6.61 Å². The molecule has 0 spiro atoms. The van der Waals surface area contributed by atoms with Crippen LogP contribution in [0.2, 0.25) is 0 Å². The molecule has 2 atom stereocenters. The molecule has 17 heavy (non-hydrogen) atoms. The second-order valence-electron chi connectivity index (χ2n) is 4.76. The summed E-state index contributed by atoms with van der Waals surface area (Å²) in [4.78, 5) is 2.42. The maximum absolute atomic E-state index is 8.89. The van der Waals surface area contributed by atoms with Gasteiger partial charge in [-0.2, -0.15) is 0 Å². The molecular weight excluding hydrogens is 216 g/mol. The highest BCUT2D eigenvalue weighted by Gasteiger charge is 2.26. The molecule has 0 saturated carbocycles. The Bertz CT molecular complexity index is 188. The molecule has 0 amide bonds. The number of ether oxygens (including phenoxy) is 1. The van der Waals surface area contributed by atoms with Crippen molar-refractivity contribution >= 4 is 0 Å². The van der Waals surface area contributed by atoms with Crippen LogP contribution in [0.3, 0.4) is 0 Å². The Morgan fingerprint density at radius 2 is 2.24 bits per heavy atom. The van der Waals surface area contributed by atoms with Crippen LogP contribution >= 0.6 is 0 Å². The molecule has 0 aromatic carbocycles. The van der Waals surface area contributed by atoms with E-state index in [1.807, 2.05) is 0 Å². The Hall–Kier alpha value is -0.160. The standard InChI is InChI=1S/C13H28N2O2/c1-3-14-13-6-9-17-11-12(13)10-15(4-2)7-5-8-16/h12-14,16H,3-11H2,1-2H3. The van der Waals surface area contributed by atoms with Crippen LogP contribution in [0.25, 0.3) is 0 Å². The van der Waals surface area contributed by atoms with E-state index in [4.69, 9.17) is 9.84 Å². The van der Waals surface area contributed by atoms with Crippen LogP contribution in [0.1, 0.15) is 26.7 Å². The van der Waals surface area contributed by atoms with Crippen molar-refractivity contribution in [2.45, 2.75) is 32.7 Å². The van der Waals surface area contributed by atoms with Crippen LogP contribution < -0.4 is 5.32 Å². The zero-order chi connectivity index (χ0) is 12.5. The maximum Gasteiger partial charge on any atom is 0.0521 e. The third-order valence-corrected chi connectivity index (χ3v) is 3.51. The molecule has 2 N–H and O–H groups in total. The predicted octanol–water partition coefficient (Wildman–Crippen LogP) is 0.705. The predicted molar refractivity (Wildman–Crippen MR) is 70.2 cm³/mol. The number of hydrogen-bond donors (Lipinski definition) is 2. The van der Waals surface area contributed by atoms with E-state index in [1.165, 1.54) is 0 Å².